The number of ether oxygens (including phenoxy) is 1. The van der Waals surface area contributed by atoms with Crippen LogP contribution >= 0.6 is 11.3 Å². The fourth-order valence-electron chi connectivity index (χ4n) is 4.47. The van der Waals surface area contributed by atoms with Crippen LogP contribution in [-0.4, -0.2) is 78.1 Å². The van der Waals surface area contributed by atoms with Crippen molar-refractivity contribution in [2.24, 2.45) is 5.14 Å². The number of benzene rings is 3. The van der Waals surface area contributed by atoms with E-state index in [1.807, 2.05) is 6.07 Å². The van der Waals surface area contributed by atoms with Gasteiger partial charge in [-0.05, 0) is 46.5 Å². The number of hydrogen-bond donors (Lipinski definition) is 2. The van der Waals surface area contributed by atoms with E-state index in [-0.39, 0.29) is 17.5 Å². The molecule has 2 amide bonds. The van der Waals surface area contributed by atoms with Crippen LogP contribution < -0.4 is 10.5 Å². The number of aromatic nitrogens is 1. The number of fused-ring (bicyclic) bond motifs is 1. The topological polar surface area (TPSA) is 166 Å². The van der Waals surface area contributed by atoms with Crippen molar-refractivity contribution in [3.8, 4) is 11.1 Å². The molecule has 240 valence electrons. The van der Waals surface area contributed by atoms with Gasteiger partial charge in [-0.25, -0.2) is 31.3 Å². The zero-order chi connectivity index (χ0) is 32.8. The first-order chi connectivity index (χ1) is 21.3. The quantitative estimate of drug-likeness (QED) is 0.206. The number of likely N-dealkylation sites (N-methyl/N-ethyl adjacent to an activating group) is 1. The van der Waals surface area contributed by atoms with E-state index in [4.69, 9.17) is 9.88 Å². The Bertz CT molecular complexity index is 1880. The molecule has 0 fully saturated rings. The van der Waals surface area contributed by atoms with Gasteiger partial charge >= 0.3 is 0 Å². The number of methoxy groups -OCH3 is 1. The summed E-state index contributed by atoms with van der Waals surface area (Å²) >= 11 is 1.03. The van der Waals surface area contributed by atoms with Crippen LogP contribution in [0, 0.1) is 0 Å². The van der Waals surface area contributed by atoms with Crippen molar-refractivity contribution < 1.29 is 35.6 Å². The Morgan fingerprint density at radius 3 is 2.27 bits per heavy atom. The predicted molar refractivity (Wildman–Crippen MR) is 171 cm³/mol. The summed E-state index contributed by atoms with van der Waals surface area (Å²) in [5, 5.41) is 5.67. The van der Waals surface area contributed by atoms with Crippen LogP contribution in [0.2, 0.25) is 0 Å². The highest BCUT2D eigenvalue weighted by Crippen LogP contribution is 2.35. The second-order valence-corrected chi connectivity index (χ2v) is 15.2. The number of thiazole rings is 1. The number of hydrogen-bond acceptors (Lipinski definition) is 9. The molecule has 4 rings (SSSR count). The lowest BCUT2D eigenvalue weighted by atomic mass is 10.0. The number of sulfonamides is 1. The van der Waals surface area contributed by atoms with Crippen molar-refractivity contribution in [3.63, 3.8) is 0 Å². The van der Waals surface area contributed by atoms with E-state index in [9.17, 15) is 30.8 Å². The highest BCUT2D eigenvalue weighted by Gasteiger charge is 2.37. The van der Waals surface area contributed by atoms with Gasteiger partial charge in [0.2, 0.25) is 15.9 Å². The molecule has 0 aliphatic carbocycles. The van der Waals surface area contributed by atoms with Gasteiger partial charge in [0.25, 0.3) is 5.91 Å². The standard InChI is InChI=1S/C30H33FN4O7S3/c1-35(14-15-42-2)30(37)23-9-7-22(8-10-23)24-11-12-25-26(17-24)43-29(34-25)27(28(36)33-13-16-45(32,40)41)44(38,39)19-21-5-3-20(18-31)4-6-21/h3-12,17,27H,13-16,18-19H2,1-2H3,(H,33,36)(H2,32,40,41). The lowest BCUT2D eigenvalue weighted by molar-refractivity contribution is -0.120. The average Bonchev–Trinajstić information content (AvgIpc) is 3.41. The third-order valence-corrected chi connectivity index (χ3v) is 10.8. The van der Waals surface area contributed by atoms with Gasteiger partial charge in [0, 0.05) is 32.8 Å². The van der Waals surface area contributed by atoms with E-state index in [1.165, 1.54) is 24.3 Å². The molecule has 4 aromatic rings. The molecular formula is C30H33FN4O7S3. The molecule has 1 heterocycles. The minimum absolute atomic E-state index is 0.00988. The third-order valence-electron chi connectivity index (χ3n) is 6.90. The Balaban J connectivity index is 1.64. The minimum Gasteiger partial charge on any atom is -0.383 e. The SMILES string of the molecule is COCCN(C)C(=O)c1ccc(-c2ccc3nc(C(C(=O)NCCS(N)(=O)=O)S(=O)(=O)Cc4ccc(CF)cc4)sc3c2)cc1. The summed E-state index contributed by atoms with van der Waals surface area (Å²) in [4.78, 5) is 32.0. The molecule has 0 aliphatic rings. The molecule has 1 atom stereocenters. The third kappa shape index (κ3) is 8.92. The lowest BCUT2D eigenvalue weighted by Gasteiger charge is -2.16. The number of nitrogens with zero attached hydrogens (tertiary/aromatic N) is 2. The van der Waals surface area contributed by atoms with Crippen LogP contribution in [0.25, 0.3) is 21.3 Å². The van der Waals surface area contributed by atoms with E-state index < -0.39 is 49.2 Å². The zero-order valence-corrected chi connectivity index (χ0v) is 27.1. The zero-order valence-electron chi connectivity index (χ0n) is 24.6. The summed E-state index contributed by atoms with van der Waals surface area (Å²) in [6.45, 7) is -0.215. The number of carbonyl (C=O) groups is 2. The van der Waals surface area contributed by atoms with Gasteiger partial charge in [0.15, 0.2) is 15.1 Å². The van der Waals surface area contributed by atoms with Crippen LogP contribution in [0.15, 0.2) is 66.7 Å². The summed E-state index contributed by atoms with van der Waals surface area (Å²) < 4.78 is 68.7. The predicted octanol–water partition coefficient (Wildman–Crippen LogP) is 3.21. The number of carbonyl (C=O) groups excluding carboxylic acids is 2. The maximum absolute atomic E-state index is 13.7. The van der Waals surface area contributed by atoms with Crippen LogP contribution in [0.4, 0.5) is 4.39 Å². The smallest absolute Gasteiger partial charge is 0.253 e. The van der Waals surface area contributed by atoms with E-state index in [0.717, 1.165) is 22.5 Å². The normalized spacial score (nSPS) is 12.6. The van der Waals surface area contributed by atoms with Crippen LogP contribution in [0.3, 0.4) is 0 Å². The number of sulfone groups is 1. The lowest BCUT2D eigenvalue weighted by Crippen LogP contribution is -2.37. The molecule has 11 nitrogen and oxygen atoms in total. The van der Waals surface area contributed by atoms with E-state index in [0.29, 0.717) is 40.1 Å². The molecule has 0 aliphatic heterocycles. The fourth-order valence-corrected chi connectivity index (χ4v) is 8.02. The van der Waals surface area contributed by atoms with Crippen molar-refractivity contribution in [3.05, 3.63) is 88.4 Å². The molecule has 0 spiro atoms. The van der Waals surface area contributed by atoms with E-state index >= 15 is 0 Å². The van der Waals surface area contributed by atoms with Crippen molar-refractivity contribution in [1.29, 1.82) is 0 Å². The van der Waals surface area contributed by atoms with Gasteiger partial charge in [0.1, 0.15) is 11.7 Å². The highest BCUT2D eigenvalue weighted by molar-refractivity contribution is 7.91. The monoisotopic (exact) mass is 676 g/mol. The fraction of sp³-hybridized carbons (Fsp3) is 0.300. The molecule has 0 saturated carbocycles. The van der Waals surface area contributed by atoms with Gasteiger partial charge in [-0.1, -0.05) is 42.5 Å². The number of nitrogens with one attached hydrogen (secondary N) is 1. The van der Waals surface area contributed by atoms with E-state index in [2.05, 4.69) is 10.3 Å². The van der Waals surface area contributed by atoms with Gasteiger partial charge in [0.05, 0.1) is 28.3 Å². The van der Waals surface area contributed by atoms with Gasteiger partial charge in [-0.15, -0.1) is 11.3 Å². The summed E-state index contributed by atoms with van der Waals surface area (Å²) in [5.41, 5.74) is 3.31. The average molecular weight is 677 g/mol. The molecule has 0 radical (unpaired) electrons. The highest BCUT2D eigenvalue weighted by atomic mass is 32.2. The molecule has 0 bridgehead atoms. The molecule has 1 aromatic heterocycles. The minimum atomic E-state index is -4.23. The van der Waals surface area contributed by atoms with Crippen LogP contribution in [0.1, 0.15) is 31.7 Å². The number of primary sulfonamides is 1. The Hall–Kier alpha value is -3.76. The van der Waals surface area contributed by atoms with Crippen molar-refractivity contribution >= 4 is 53.2 Å². The Labute approximate surface area is 265 Å². The second kappa shape index (κ2) is 14.6. The molecule has 45 heavy (non-hydrogen) atoms. The molecule has 3 aromatic carbocycles. The van der Waals surface area contributed by atoms with Gasteiger partial charge in [-0.3, -0.25) is 9.59 Å². The summed E-state index contributed by atoms with van der Waals surface area (Å²) in [5.74, 6) is -2.18. The maximum Gasteiger partial charge on any atom is 0.253 e. The van der Waals surface area contributed by atoms with Gasteiger partial charge in [-0.2, -0.15) is 0 Å². The molecule has 3 N–H and O–H groups in total. The van der Waals surface area contributed by atoms with Crippen LogP contribution in [0.5, 0.6) is 0 Å². The number of halogens is 1. The Kier molecular flexibility index (Phi) is 11.0. The van der Waals surface area contributed by atoms with Crippen LogP contribution in [-0.2, 0) is 41.8 Å². The number of alkyl halides is 1. The molecule has 0 saturated heterocycles. The number of nitrogens with two attached hydrogens (primary N) is 1. The largest absolute Gasteiger partial charge is 0.383 e. The molecular weight excluding hydrogens is 644 g/mol. The van der Waals surface area contributed by atoms with Crippen molar-refractivity contribution in [1.82, 2.24) is 15.2 Å². The second-order valence-electron chi connectivity index (χ2n) is 10.3. The summed E-state index contributed by atoms with van der Waals surface area (Å²) in [7, 11) is -4.87. The summed E-state index contributed by atoms with van der Waals surface area (Å²) in [6, 6.07) is 18.3. The van der Waals surface area contributed by atoms with Gasteiger partial charge < -0.3 is 15.0 Å². The summed E-state index contributed by atoms with van der Waals surface area (Å²) in [6.07, 6.45) is 0. The first-order valence-corrected chi connectivity index (χ1v) is 17.9. The Morgan fingerprint density at radius 1 is 1.00 bits per heavy atom. The van der Waals surface area contributed by atoms with Crippen molar-refractivity contribution in [2.45, 2.75) is 17.7 Å². The van der Waals surface area contributed by atoms with Crippen molar-refractivity contribution in [2.75, 3.05) is 39.6 Å². The molecule has 15 heteroatoms. The Morgan fingerprint density at radius 2 is 1.64 bits per heavy atom. The number of amides is 2. The maximum atomic E-state index is 13.7. The number of rotatable bonds is 14. The van der Waals surface area contributed by atoms with E-state index in [1.54, 1.807) is 55.5 Å². The first kappa shape index (κ1) is 34.1. The first-order valence-electron chi connectivity index (χ1n) is 13.7. The molecule has 1 unspecified atom stereocenters.